The van der Waals surface area contributed by atoms with E-state index in [4.69, 9.17) is 16.3 Å². The van der Waals surface area contributed by atoms with Crippen LogP contribution >= 0.6 is 11.6 Å². The standard InChI is InChI=1S/C22H30ClN5O2/c1-15-25-26-21(28(15)14-16-5-7-17(23)8-6-16)20-4-3-13-27(20)22(29)24-18-9-11-19(30-2)12-10-18/h5-8,18-20H,3-4,9-14H2,1-2H3,(H,24,29). The van der Waals surface area contributed by atoms with E-state index >= 15 is 0 Å². The summed E-state index contributed by atoms with van der Waals surface area (Å²) < 4.78 is 7.56. The van der Waals surface area contributed by atoms with Gasteiger partial charge in [0, 0.05) is 24.7 Å². The predicted molar refractivity (Wildman–Crippen MR) is 116 cm³/mol. The number of urea groups is 1. The average Bonchev–Trinajstić information content (AvgIpc) is 3.37. The van der Waals surface area contributed by atoms with Crippen molar-refractivity contribution in [2.45, 2.75) is 70.2 Å². The molecule has 0 radical (unpaired) electrons. The summed E-state index contributed by atoms with van der Waals surface area (Å²) in [6.07, 6.45) is 6.14. The van der Waals surface area contributed by atoms with E-state index in [2.05, 4.69) is 20.1 Å². The van der Waals surface area contributed by atoms with Crippen molar-refractivity contribution in [3.63, 3.8) is 0 Å². The van der Waals surface area contributed by atoms with Crippen molar-refractivity contribution in [1.82, 2.24) is 25.0 Å². The number of halogens is 1. The van der Waals surface area contributed by atoms with Gasteiger partial charge in [-0.2, -0.15) is 0 Å². The first-order valence-corrected chi connectivity index (χ1v) is 11.2. The maximum absolute atomic E-state index is 13.1. The van der Waals surface area contributed by atoms with Crippen LogP contribution in [0, 0.1) is 6.92 Å². The number of likely N-dealkylation sites (tertiary alicyclic amines) is 1. The van der Waals surface area contributed by atoms with E-state index in [1.54, 1.807) is 7.11 Å². The molecule has 0 bridgehead atoms. The number of methoxy groups -OCH3 is 1. The molecule has 7 nitrogen and oxygen atoms in total. The Morgan fingerprint density at radius 3 is 2.60 bits per heavy atom. The molecule has 4 rings (SSSR count). The number of ether oxygens (including phenoxy) is 1. The van der Waals surface area contributed by atoms with Crippen LogP contribution < -0.4 is 5.32 Å². The zero-order valence-electron chi connectivity index (χ0n) is 17.7. The summed E-state index contributed by atoms with van der Waals surface area (Å²) in [5.41, 5.74) is 1.13. The van der Waals surface area contributed by atoms with Crippen molar-refractivity contribution in [2.75, 3.05) is 13.7 Å². The lowest BCUT2D eigenvalue weighted by Crippen LogP contribution is -2.46. The second-order valence-corrected chi connectivity index (χ2v) is 8.76. The van der Waals surface area contributed by atoms with Crippen LogP contribution in [0.1, 0.15) is 61.8 Å². The number of nitrogens with zero attached hydrogens (tertiary/aromatic N) is 4. The maximum atomic E-state index is 13.1. The molecular formula is C22H30ClN5O2. The molecule has 1 N–H and O–H groups in total. The number of rotatable bonds is 5. The molecule has 2 aromatic rings. The quantitative estimate of drug-likeness (QED) is 0.773. The second-order valence-electron chi connectivity index (χ2n) is 8.33. The highest BCUT2D eigenvalue weighted by Crippen LogP contribution is 2.32. The molecule has 2 aliphatic rings. The van der Waals surface area contributed by atoms with Gasteiger partial charge in [0.15, 0.2) is 5.82 Å². The van der Waals surface area contributed by atoms with Gasteiger partial charge in [0.1, 0.15) is 5.82 Å². The van der Waals surface area contributed by atoms with Crippen molar-refractivity contribution in [3.05, 3.63) is 46.5 Å². The number of aryl methyl sites for hydroxylation is 1. The van der Waals surface area contributed by atoms with E-state index < -0.39 is 0 Å². The number of aromatic nitrogens is 3. The summed E-state index contributed by atoms with van der Waals surface area (Å²) in [5.74, 6) is 1.71. The highest BCUT2D eigenvalue weighted by Gasteiger charge is 2.35. The minimum atomic E-state index is -0.0474. The van der Waals surface area contributed by atoms with E-state index in [-0.39, 0.29) is 18.1 Å². The van der Waals surface area contributed by atoms with Gasteiger partial charge in [-0.25, -0.2) is 4.79 Å². The predicted octanol–water partition coefficient (Wildman–Crippen LogP) is 4.09. The minimum Gasteiger partial charge on any atom is -0.381 e. The molecule has 0 spiro atoms. The van der Waals surface area contributed by atoms with Gasteiger partial charge >= 0.3 is 6.03 Å². The van der Waals surface area contributed by atoms with Crippen LogP contribution in [-0.4, -0.2) is 51.5 Å². The van der Waals surface area contributed by atoms with Gasteiger partial charge < -0.3 is 19.5 Å². The first kappa shape index (κ1) is 21.1. The van der Waals surface area contributed by atoms with Crippen LogP contribution in [-0.2, 0) is 11.3 Å². The van der Waals surface area contributed by atoms with E-state index in [0.29, 0.717) is 12.6 Å². The Hall–Kier alpha value is -2.12. The van der Waals surface area contributed by atoms with E-state index in [1.165, 1.54) is 0 Å². The van der Waals surface area contributed by atoms with Crippen LogP contribution in [0.5, 0.6) is 0 Å². The van der Waals surface area contributed by atoms with Crippen molar-refractivity contribution in [2.24, 2.45) is 0 Å². The van der Waals surface area contributed by atoms with Crippen LogP contribution in [0.4, 0.5) is 4.79 Å². The topological polar surface area (TPSA) is 72.3 Å². The number of benzene rings is 1. The molecule has 1 aliphatic heterocycles. The number of hydrogen-bond acceptors (Lipinski definition) is 4. The number of carbonyl (C=O) groups is 1. The molecule has 8 heteroatoms. The number of hydrogen-bond donors (Lipinski definition) is 1. The molecule has 2 amide bonds. The fourth-order valence-corrected chi connectivity index (χ4v) is 4.72. The first-order chi connectivity index (χ1) is 14.5. The Bertz CT molecular complexity index is 861. The van der Waals surface area contributed by atoms with Gasteiger partial charge in [0.2, 0.25) is 0 Å². The normalized spacial score (nSPS) is 24.2. The Kier molecular flexibility index (Phi) is 6.58. The van der Waals surface area contributed by atoms with Gasteiger partial charge in [-0.1, -0.05) is 23.7 Å². The molecule has 1 aromatic heterocycles. The number of carbonyl (C=O) groups excluding carboxylic acids is 1. The lowest BCUT2D eigenvalue weighted by Gasteiger charge is -2.31. The summed E-state index contributed by atoms with van der Waals surface area (Å²) in [5, 5.41) is 12.7. The van der Waals surface area contributed by atoms with Crippen LogP contribution in [0.25, 0.3) is 0 Å². The average molecular weight is 432 g/mol. The third-order valence-corrected chi connectivity index (χ3v) is 6.62. The summed E-state index contributed by atoms with van der Waals surface area (Å²) in [6.45, 7) is 3.37. The van der Waals surface area contributed by atoms with Crippen molar-refractivity contribution >= 4 is 17.6 Å². The van der Waals surface area contributed by atoms with Crippen LogP contribution in [0.15, 0.2) is 24.3 Å². The third-order valence-electron chi connectivity index (χ3n) is 6.37. The summed E-state index contributed by atoms with van der Waals surface area (Å²) in [4.78, 5) is 15.0. The lowest BCUT2D eigenvalue weighted by atomic mass is 9.93. The molecule has 1 aliphatic carbocycles. The summed E-state index contributed by atoms with van der Waals surface area (Å²) in [7, 11) is 1.76. The number of amides is 2. The molecule has 30 heavy (non-hydrogen) atoms. The molecule has 1 saturated heterocycles. The van der Waals surface area contributed by atoms with Gasteiger partial charge in [0.25, 0.3) is 0 Å². The van der Waals surface area contributed by atoms with E-state index in [0.717, 1.165) is 67.3 Å². The molecule has 162 valence electrons. The molecular weight excluding hydrogens is 402 g/mol. The Balaban J connectivity index is 1.46. The van der Waals surface area contributed by atoms with Crippen molar-refractivity contribution < 1.29 is 9.53 Å². The first-order valence-electron chi connectivity index (χ1n) is 10.8. The molecule has 1 atom stereocenters. The van der Waals surface area contributed by atoms with Gasteiger partial charge in [0.05, 0.1) is 18.7 Å². The Labute approximate surface area is 182 Å². The maximum Gasteiger partial charge on any atom is 0.318 e. The van der Waals surface area contributed by atoms with Gasteiger partial charge in [-0.15, -0.1) is 10.2 Å². The minimum absolute atomic E-state index is 0.0112. The van der Waals surface area contributed by atoms with E-state index in [1.807, 2.05) is 36.1 Å². The largest absolute Gasteiger partial charge is 0.381 e. The monoisotopic (exact) mass is 431 g/mol. The molecule has 1 aromatic carbocycles. The van der Waals surface area contributed by atoms with Gasteiger partial charge in [-0.05, 0) is 63.1 Å². The fraction of sp³-hybridized carbons (Fsp3) is 0.591. The lowest BCUT2D eigenvalue weighted by molar-refractivity contribution is 0.0625. The molecule has 2 fully saturated rings. The zero-order chi connectivity index (χ0) is 21.1. The molecule has 1 saturated carbocycles. The molecule has 2 heterocycles. The molecule has 1 unspecified atom stereocenters. The highest BCUT2D eigenvalue weighted by molar-refractivity contribution is 6.30. The summed E-state index contributed by atoms with van der Waals surface area (Å²) in [6, 6.07) is 8.00. The zero-order valence-corrected chi connectivity index (χ0v) is 18.4. The highest BCUT2D eigenvalue weighted by atomic mass is 35.5. The van der Waals surface area contributed by atoms with Crippen molar-refractivity contribution in [3.8, 4) is 0 Å². The van der Waals surface area contributed by atoms with E-state index in [9.17, 15) is 4.79 Å². The SMILES string of the molecule is COC1CCC(NC(=O)N2CCCC2c2nnc(C)n2Cc2ccc(Cl)cc2)CC1. The van der Waals surface area contributed by atoms with Gasteiger partial charge in [-0.3, -0.25) is 0 Å². The second kappa shape index (κ2) is 9.35. The number of nitrogens with one attached hydrogen (secondary N) is 1. The fourth-order valence-electron chi connectivity index (χ4n) is 4.59. The summed E-state index contributed by atoms with van der Waals surface area (Å²) >= 11 is 6.02. The van der Waals surface area contributed by atoms with Crippen LogP contribution in [0.3, 0.4) is 0 Å². The van der Waals surface area contributed by atoms with Crippen molar-refractivity contribution in [1.29, 1.82) is 0 Å². The Morgan fingerprint density at radius 1 is 1.17 bits per heavy atom. The smallest absolute Gasteiger partial charge is 0.318 e. The Morgan fingerprint density at radius 2 is 1.90 bits per heavy atom. The third kappa shape index (κ3) is 4.62. The van der Waals surface area contributed by atoms with Crippen LogP contribution in [0.2, 0.25) is 5.02 Å².